The number of furan rings is 1. The summed E-state index contributed by atoms with van der Waals surface area (Å²) in [6.45, 7) is 3.40. The topological polar surface area (TPSA) is 33.5 Å². The van der Waals surface area contributed by atoms with Crippen molar-refractivity contribution >= 4 is 21.8 Å². The molecule has 13 heavy (non-hydrogen) atoms. The van der Waals surface area contributed by atoms with Gasteiger partial charge in [0.1, 0.15) is 6.26 Å². The highest BCUT2D eigenvalue weighted by atomic mass is 79.9. The molecule has 0 aliphatic heterocycles. The standard InChI is InChI=1S/C9H12BrNO2/c1-2-11(5-4-10)9(12)8-3-6-13-7-8/h3,6-7H,2,4-5H2,1H3. The van der Waals surface area contributed by atoms with Gasteiger partial charge >= 0.3 is 0 Å². The molecule has 0 radical (unpaired) electrons. The Kier molecular flexibility index (Phi) is 4.02. The van der Waals surface area contributed by atoms with Crippen molar-refractivity contribution in [2.24, 2.45) is 0 Å². The number of nitrogens with zero attached hydrogens (tertiary/aromatic N) is 1. The molecule has 0 N–H and O–H groups in total. The highest BCUT2D eigenvalue weighted by Crippen LogP contribution is 2.05. The number of carbonyl (C=O) groups excluding carboxylic acids is 1. The molecule has 0 aliphatic carbocycles. The quantitative estimate of drug-likeness (QED) is 0.762. The second-order valence-electron chi connectivity index (χ2n) is 2.59. The van der Waals surface area contributed by atoms with E-state index in [4.69, 9.17) is 4.42 Å². The smallest absolute Gasteiger partial charge is 0.257 e. The molecule has 1 rings (SSSR count). The highest BCUT2D eigenvalue weighted by molar-refractivity contribution is 9.09. The number of rotatable bonds is 4. The monoisotopic (exact) mass is 245 g/mol. The molecule has 1 aromatic rings. The fourth-order valence-corrected chi connectivity index (χ4v) is 1.50. The zero-order valence-corrected chi connectivity index (χ0v) is 9.08. The van der Waals surface area contributed by atoms with Crippen LogP contribution in [0.3, 0.4) is 0 Å². The van der Waals surface area contributed by atoms with E-state index in [0.29, 0.717) is 5.56 Å². The first-order valence-corrected chi connectivity index (χ1v) is 5.29. The van der Waals surface area contributed by atoms with Crippen LogP contribution in [0.2, 0.25) is 0 Å². The normalized spacial score (nSPS) is 10.0. The Bertz CT molecular complexity index is 259. The Labute approximate surface area is 85.8 Å². The Balaban J connectivity index is 2.65. The fourth-order valence-electron chi connectivity index (χ4n) is 1.07. The van der Waals surface area contributed by atoms with E-state index in [1.54, 1.807) is 11.0 Å². The second kappa shape index (κ2) is 5.07. The Morgan fingerprint density at radius 1 is 1.69 bits per heavy atom. The predicted octanol–water partition coefficient (Wildman–Crippen LogP) is 2.14. The first-order chi connectivity index (χ1) is 6.29. The third-order valence-electron chi connectivity index (χ3n) is 1.79. The summed E-state index contributed by atoms with van der Waals surface area (Å²) in [6, 6.07) is 1.68. The van der Waals surface area contributed by atoms with Crippen LogP contribution in [0, 0.1) is 0 Å². The first kappa shape index (κ1) is 10.3. The summed E-state index contributed by atoms with van der Waals surface area (Å²) < 4.78 is 4.85. The molecule has 0 aromatic carbocycles. The number of alkyl halides is 1. The molecule has 1 aromatic heterocycles. The third kappa shape index (κ3) is 2.59. The first-order valence-electron chi connectivity index (χ1n) is 4.17. The third-order valence-corrected chi connectivity index (χ3v) is 2.15. The lowest BCUT2D eigenvalue weighted by atomic mass is 10.3. The lowest BCUT2D eigenvalue weighted by Gasteiger charge is -2.18. The maximum atomic E-state index is 11.7. The van der Waals surface area contributed by atoms with E-state index < -0.39 is 0 Å². The summed E-state index contributed by atoms with van der Waals surface area (Å²) in [6.07, 6.45) is 2.98. The van der Waals surface area contributed by atoms with Gasteiger partial charge in [-0.2, -0.15) is 0 Å². The molecule has 1 heterocycles. The molecule has 0 fully saturated rings. The van der Waals surface area contributed by atoms with E-state index in [0.717, 1.165) is 18.4 Å². The highest BCUT2D eigenvalue weighted by Gasteiger charge is 2.13. The summed E-state index contributed by atoms with van der Waals surface area (Å²) in [4.78, 5) is 13.4. The summed E-state index contributed by atoms with van der Waals surface area (Å²) >= 11 is 3.31. The minimum Gasteiger partial charge on any atom is -0.472 e. The molecule has 0 bridgehead atoms. The van der Waals surface area contributed by atoms with Gasteiger partial charge in [0.25, 0.3) is 5.91 Å². The van der Waals surface area contributed by atoms with Gasteiger partial charge < -0.3 is 9.32 Å². The molecule has 0 spiro atoms. The lowest BCUT2D eigenvalue weighted by molar-refractivity contribution is 0.0774. The molecular formula is C9H12BrNO2. The number of amides is 1. The minimum absolute atomic E-state index is 0.0238. The van der Waals surface area contributed by atoms with E-state index in [9.17, 15) is 4.79 Å². The Morgan fingerprint density at radius 3 is 2.92 bits per heavy atom. The van der Waals surface area contributed by atoms with Crippen molar-refractivity contribution in [3.05, 3.63) is 24.2 Å². The summed E-state index contributed by atoms with van der Waals surface area (Å²) in [7, 11) is 0. The molecule has 0 saturated heterocycles. The van der Waals surface area contributed by atoms with Crippen molar-refractivity contribution in [2.45, 2.75) is 6.92 Å². The maximum absolute atomic E-state index is 11.7. The molecule has 72 valence electrons. The van der Waals surface area contributed by atoms with Crippen LogP contribution < -0.4 is 0 Å². The largest absolute Gasteiger partial charge is 0.472 e. The molecule has 0 saturated carbocycles. The van der Waals surface area contributed by atoms with Crippen LogP contribution in [0.15, 0.2) is 23.0 Å². The van der Waals surface area contributed by atoms with Crippen LogP contribution in [0.4, 0.5) is 0 Å². The average molecular weight is 246 g/mol. The van der Waals surface area contributed by atoms with Gasteiger partial charge in [-0.05, 0) is 13.0 Å². The van der Waals surface area contributed by atoms with Gasteiger partial charge in [0.05, 0.1) is 11.8 Å². The van der Waals surface area contributed by atoms with Gasteiger partial charge in [0.2, 0.25) is 0 Å². The minimum atomic E-state index is 0.0238. The van der Waals surface area contributed by atoms with Crippen LogP contribution in [0.1, 0.15) is 17.3 Å². The molecule has 0 atom stereocenters. The van der Waals surface area contributed by atoms with E-state index in [-0.39, 0.29) is 5.91 Å². The maximum Gasteiger partial charge on any atom is 0.257 e. The zero-order valence-electron chi connectivity index (χ0n) is 7.50. The Morgan fingerprint density at radius 2 is 2.46 bits per heavy atom. The Hall–Kier alpha value is -0.770. The van der Waals surface area contributed by atoms with Crippen molar-refractivity contribution < 1.29 is 9.21 Å². The number of hydrogen-bond acceptors (Lipinski definition) is 2. The van der Waals surface area contributed by atoms with Crippen molar-refractivity contribution in [3.63, 3.8) is 0 Å². The van der Waals surface area contributed by atoms with E-state index in [2.05, 4.69) is 15.9 Å². The van der Waals surface area contributed by atoms with E-state index in [1.807, 2.05) is 6.92 Å². The van der Waals surface area contributed by atoms with E-state index in [1.165, 1.54) is 12.5 Å². The van der Waals surface area contributed by atoms with Crippen LogP contribution in [0.25, 0.3) is 0 Å². The summed E-state index contributed by atoms with van der Waals surface area (Å²) in [5, 5.41) is 0.796. The van der Waals surface area contributed by atoms with Crippen molar-refractivity contribution in [1.82, 2.24) is 4.90 Å². The summed E-state index contributed by atoms with van der Waals surface area (Å²) in [5.41, 5.74) is 0.614. The lowest BCUT2D eigenvalue weighted by Crippen LogP contribution is -2.32. The van der Waals surface area contributed by atoms with Crippen molar-refractivity contribution in [1.29, 1.82) is 0 Å². The van der Waals surface area contributed by atoms with Gasteiger partial charge in [-0.15, -0.1) is 0 Å². The molecule has 1 amide bonds. The van der Waals surface area contributed by atoms with Gasteiger partial charge in [-0.1, -0.05) is 15.9 Å². The predicted molar refractivity (Wildman–Crippen MR) is 54.1 cm³/mol. The average Bonchev–Trinajstić information content (AvgIpc) is 2.65. The van der Waals surface area contributed by atoms with Gasteiger partial charge in [0, 0.05) is 18.4 Å². The molecule has 0 unspecified atom stereocenters. The SMILES string of the molecule is CCN(CCBr)C(=O)c1ccoc1. The van der Waals surface area contributed by atoms with E-state index >= 15 is 0 Å². The molecule has 0 aliphatic rings. The second-order valence-corrected chi connectivity index (χ2v) is 3.38. The van der Waals surface area contributed by atoms with Crippen LogP contribution in [0.5, 0.6) is 0 Å². The zero-order chi connectivity index (χ0) is 9.68. The summed E-state index contributed by atoms with van der Waals surface area (Å²) in [5.74, 6) is 0.0238. The van der Waals surface area contributed by atoms with Gasteiger partial charge in [0.15, 0.2) is 0 Å². The number of halogens is 1. The van der Waals surface area contributed by atoms with Crippen molar-refractivity contribution in [2.75, 3.05) is 18.4 Å². The van der Waals surface area contributed by atoms with Crippen LogP contribution in [-0.2, 0) is 0 Å². The molecular weight excluding hydrogens is 234 g/mol. The van der Waals surface area contributed by atoms with Crippen LogP contribution >= 0.6 is 15.9 Å². The number of hydrogen-bond donors (Lipinski definition) is 0. The van der Waals surface area contributed by atoms with Crippen LogP contribution in [-0.4, -0.2) is 29.2 Å². The van der Waals surface area contributed by atoms with Crippen molar-refractivity contribution in [3.8, 4) is 0 Å². The van der Waals surface area contributed by atoms with Gasteiger partial charge in [-0.3, -0.25) is 4.79 Å². The molecule has 3 nitrogen and oxygen atoms in total. The molecule has 4 heteroatoms. The van der Waals surface area contributed by atoms with Gasteiger partial charge in [-0.25, -0.2) is 0 Å². The fraction of sp³-hybridized carbons (Fsp3) is 0.444. The number of carbonyl (C=O) groups is 1.